The van der Waals surface area contributed by atoms with Gasteiger partial charge in [-0.3, -0.25) is 0 Å². The van der Waals surface area contributed by atoms with Gasteiger partial charge in [0, 0.05) is 18.5 Å². The average Bonchev–Trinajstić information content (AvgIpc) is 3.28. The number of nitrogens with one attached hydrogen (secondary N) is 1. The summed E-state index contributed by atoms with van der Waals surface area (Å²) >= 11 is 0. The number of aromatic amines is 1. The summed E-state index contributed by atoms with van der Waals surface area (Å²) in [6.07, 6.45) is 2.16. The molecule has 0 saturated heterocycles. The predicted molar refractivity (Wildman–Crippen MR) is 83.6 cm³/mol. The summed E-state index contributed by atoms with van der Waals surface area (Å²) in [6, 6.07) is 3.04. The molecule has 1 aliphatic heterocycles. The Hall–Kier alpha value is -2.39. The van der Waals surface area contributed by atoms with Gasteiger partial charge in [-0.15, -0.1) is 0 Å². The van der Waals surface area contributed by atoms with Crippen LogP contribution in [0, 0.1) is 13.8 Å². The van der Waals surface area contributed by atoms with E-state index >= 15 is 0 Å². The maximum absolute atomic E-state index is 12.8. The molecule has 8 nitrogen and oxygen atoms in total. The fraction of sp³-hybridized carbons (Fsp3) is 0.333. The lowest BCUT2D eigenvalue weighted by Gasteiger charge is -2.24. The van der Waals surface area contributed by atoms with E-state index in [1.54, 1.807) is 12.4 Å². The quantitative estimate of drug-likeness (QED) is 0.776. The van der Waals surface area contributed by atoms with Crippen molar-refractivity contribution < 1.29 is 17.4 Å². The highest BCUT2D eigenvalue weighted by molar-refractivity contribution is 7.89. The van der Waals surface area contributed by atoms with Crippen molar-refractivity contribution >= 4 is 10.0 Å². The van der Waals surface area contributed by atoms with Crippen molar-refractivity contribution in [3.05, 3.63) is 41.1 Å². The zero-order chi connectivity index (χ0) is 16.9. The lowest BCUT2D eigenvalue weighted by atomic mass is 10.2. The third-order valence-electron chi connectivity index (χ3n) is 4.30. The molecule has 0 fully saturated rings. The first-order valence-corrected chi connectivity index (χ1v) is 8.95. The average molecular weight is 348 g/mol. The standard InChI is InChI=1S/C15H16N4O4S/c1-9-10(2)18-23-15(9)13-3-4-14(22-13)24(20,21)19-6-5-11-12(7-19)17-8-16-11/h3-4,8H,5-7H2,1-2H3,(H,16,17). The van der Waals surface area contributed by atoms with E-state index in [0.29, 0.717) is 24.5 Å². The smallest absolute Gasteiger partial charge is 0.276 e. The summed E-state index contributed by atoms with van der Waals surface area (Å²) in [6.45, 7) is 4.30. The lowest BCUT2D eigenvalue weighted by Crippen LogP contribution is -2.35. The molecular weight excluding hydrogens is 332 g/mol. The molecule has 0 atom stereocenters. The van der Waals surface area contributed by atoms with Gasteiger partial charge in [0.05, 0.1) is 30.0 Å². The summed E-state index contributed by atoms with van der Waals surface area (Å²) in [5.74, 6) is 0.800. The first kappa shape index (κ1) is 15.2. The normalized spacial score (nSPS) is 15.6. The van der Waals surface area contributed by atoms with Gasteiger partial charge in [-0.25, -0.2) is 13.4 Å². The van der Waals surface area contributed by atoms with Crippen molar-refractivity contribution in [1.82, 2.24) is 19.4 Å². The highest BCUT2D eigenvalue weighted by atomic mass is 32.2. The summed E-state index contributed by atoms with van der Waals surface area (Å²) in [5.41, 5.74) is 3.30. The lowest BCUT2D eigenvalue weighted by molar-refractivity contribution is 0.357. The second kappa shape index (κ2) is 5.32. The van der Waals surface area contributed by atoms with E-state index in [-0.39, 0.29) is 11.6 Å². The number of aryl methyl sites for hydroxylation is 1. The van der Waals surface area contributed by atoms with Crippen molar-refractivity contribution in [3.63, 3.8) is 0 Å². The molecule has 126 valence electrons. The number of H-pyrrole nitrogens is 1. The molecule has 3 aromatic rings. The Morgan fingerprint density at radius 3 is 2.88 bits per heavy atom. The highest BCUT2D eigenvalue weighted by Crippen LogP contribution is 2.31. The van der Waals surface area contributed by atoms with Crippen LogP contribution in [0.25, 0.3) is 11.5 Å². The van der Waals surface area contributed by atoms with Crippen molar-refractivity contribution in [3.8, 4) is 11.5 Å². The number of sulfonamides is 1. The van der Waals surface area contributed by atoms with Crippen LogP contribution in [-0.4, -0.2) is 34.4 Å². The molecule has 0 unspecified atom stereocenters. The molecule has 0 aliphatic carbocycles. The van der Waals surface area contributed by atoms with Crippen LogP contribution in [0.3, 0.4) is 0 Å². The molecule has 0 spiro atoms. The zero-order valence-electron chi connectivity index (χ0n) is 13.2. The molecule has 4 heterocycles. The summed E-state index contributed by atoms with van der Waals surface area (Å²) in [4.78, 5) is 7.16. The van der Waals surface area contributed by atoms with Gasteiger partial charge in [0.15, 0.2) is 5.76 Å². The minimum Gasteiger partial charge on any atom is -0.440 e. The molecule has 3 aromatic heterocycles. The first-order valence-electron chi connectivity index (χ1n) is 7.51. The molecule has 0 aromatic carbocycles. The summed E-state index contributed by atoms with van der Waals surface area (Å²) in [5, 5.41) is 3.76. The van der Waals surface area contributed by atoms with Crippen LogP contribution in [-0.2, 0) is 23.0 Å². The third-order valence-corrected chi connectivity index (χ3v) is 6.02. The van der Waals surface area contributed by atoms with Crippen LogP contribution in [0.15, 0.2) is 32.5 Å². The SMILES string of the molecule is Cc1noc(-c2ccc(S(=O)(=O)N3CCc4nc[nH]c4C3)o2)c1C. The predicted octanol–water partition coefficient (Wildman–Crippen LogP) is 2.02. The molecule has 9 heteroatoms. The number of hydrogen-bond donors (Lipinski definition) is 1. The van der Waals surface area contributed by atoms with Crippen molar-refractivity contribution in [2.45, 2.75) is 31.9 Å². The Labute approximate surface area is 138 Å². The Morgan fingerprint density at radius 1 is 1.29 bits per heavy atom. The Morgan fingerprint density at radius 2 is 2.12 bits per heavy atom. The molecule has 0 saturated carbocycles. The number of rotatable bonds is 3. The van der Waals surface area contributed by atoms with E-state index < -0.39 is 10.0 Å². The van der Waals surface area contributed by atoms with Crippen LogP contribution >= 0.6 is 0 Å². The summed E-state index contributed by atoms with van der Waals surface area (Å²) in [7, 11) is -3.72. The molecule has 1 aliphatic rings. The molecule has 24 heavy (non-hydrogen) atoms. The van der Waals surface area contributed by atoms with E-state index in [4.69, 9.17) is 8.94 Å². The Balaban J connectivity index is 1.65. The molecule has 4 rings (SSSR count). The van der Waals surface area contributed by atoms with Gasteiger partial charge in [-0.05, 0) is 26.0 Å². The Kier molecular flexibility index (Phi) is 3.36. The van der Waals surface area contributed by atoms with Gasteiger partial charge in [-0.2, -0.15) is 4.31 Å². The van der Waals surface area contributed by atoms with Crippen molar-refractivity contribution in [2.75, 3.05) is 6.54 Å². The van der Waals surface area contributed by atoms with Gasteiger partial charge in [0.1, 0.15) is 0 Å². The second-order valence-electron chi connectivity index (χ2n) is 5.76. The number of furan rings is 1. The topological polar surface area (TPSA) is 105 Å². The van der Waals surface area contributed by atoms with E-state index in [1.165, 1.54) is 10.4 Å². The number of nitrogens with zero attached hydrogens (tertiary/aromatic N) is 3. The number of fused-ring (bicyclic) bond motifs is 1. The van der Waals surface area contributed by atoms with Gasteiger partial charge >= 0.3 is 0 Å². The third kappa shape index (κ3) is 2.28. The first-order chi connectivity index (χ1) is 11.5. The van der Waals surface area contributed by atoms with Gasteiger partial charge in [0.2, 0.25) is 10.9 Å². The molecule has 0 radical (unpaired) electrons. The largest absolute Gasteiger partial charge is 0.440 e. The maximum atomic E-state index is 12.8. The van der Waals surface area contributed by atoms with Crippen LogP contribution in [0.2, 0.25) is 0 Å². The molecule has 0 bridgehead atoms. The van der Waals surface area contributed by atoms with Gasteiger partial charge in [-0.1, -0.05) is 5.16 Å². The fourth-order valence-electron chi connectivity index (χ4n) is 2.75. The van der Waals surface area contributed by atoms with Crippen LogP contribution < -0.4 is 0 Å². The molecular formula is C15H16N4O4S. The van der Waals surface area contributed by atoms with Crippen molar-refractivity contribution in [2.24, 2.45) is 0 Å². The highest BCUT2D eigenvalue weighted by Gasteiger charge is 2.32. The van der Waals surface area contributed by atoms with Crippen LogP contribution in [0.4, 0.5) is 0 Å². The number of aromatic nitrogens is 3. The van der Waals surface area contributed by atoms with Crippen LogP contribution in [0.5, 0.6) is 0 Å². The monoisotopic (exact) mass is 348 g/mol. The molecule has 1 N–H and O–H groups in total. The maximum Gasteiger partial charge on any atom is 0.276 e. The fourth-order valence-corrected chi connectivity index (χ4v) is 4.07. The number of imidazole rings is 1. The zero-order valence-corrected chi connectivity index (χ0v) is 14.1. The Bertz CT molecular complexity index is 999. The van der Waals surface area contributed by atoms with Gasteiger partial charge < -0.3 is 13.9 Å². The minimum atomic E-state index is -3.72. The van der Waals surface area contributed by atoms with E-state index in [2.05, 4.69) is 15.1 Å². The van der Waals surface area contributed by atoms with E-state index in [1.807, 2.05) is 13.8 Å². The van der Waals surface area contributed by atoms with Gasteiger partial charge in [0.25, 0.3) is 10.0 Å². The van der Waals surface area contributed by atoms with Crippen molar-refractivity contribution in [1.29, 1.82) is 0 Å². The van der Waals surface area contributed by atoms with E-state index in [9.17, 15) is 8.42 Å². The van der Waals surface area contributed by atoms with E-state index in [0.717, 1.165) is 22.6 Å². The number of hydrogen-bond acceptors (Lipinski definition) is 6. The summed E-state index contributed by atoms with van der Waals surface area (Å²) < 4.78 is 37.8. The second-order valence-corrected chi connectivity index (χ2v) is 7.63. The van der Waals surface area contributed by atoms with Crippen LogP contribution in [0.1, 0.15) is 22.6 Å². The minimum absolute atomic E-state index is 0.103. The molecule has 0 amide bonds.